The van der Waals surface area contributed by atoms with Gasteiger partial charge >= 0.3 is 0 Å². The lowest BCUT2D eigenvalue weighted by atomic mass is 10.1. The van der Waals surface area contributed by atoms with Crippen LogP contribution < -0.4 is 5.32 Å². The number of anilines is 1. The molecule has 1 N–H and O–H groups in total. The lowest BCUT2D eigenvalue weighted by Crippen LogP contribution is -2.17. The maximum absolute atomic E-state index is 12.5. The van der Waals surface area contributed by atoms with Gasteiger partial charge < -0.3 is 5.32 Å². The Morgan fingerprint density at radius 3 is 2.72 bits per heavy atom. The highest BCUT2D eigenvalue weighted by atomic mass is 32.2. The van der Waals surface area contributed by atoms with Crippen LogP contribution in [0.2, 0.25) is 0 Å². The Hall–Kier alpha value is -2.65. The second-order valence-electron chi connectivity index (χ2n) is 6.09. The lowest BCUT2D eigenvalue weighted by molar-refractivity contribution is -0.115. The average molecular weight is 354 g/mol. The molecule has 3 rings (SSSR count). The quantitative estimate of drug-likeness (QED) is 0.894. The van der Waals surface area contributed by atoms with E-state index in [-0.39, 0.29) is 23.0 Å². The minimum atomic E-state index is -3.50. The van der Waals surface area contributed by atoms with E-state index in [9.17, 15) is 13.2 Å². The van der Waals surface area contributed by atoms with Gasteiger partial charge in [-0.2, -0.15) is 5.26 Å². The summed E-state index contributed by atoms with van der Waals surface area (Å²) in [5, 5.41) is 11.5. The molecule has 0 spiro atoms. The van der Waals surface area contributed by atoms with Crippen LogP contribution in [-0.2, 0) is 27.5 Å². The summed E-state index contributed by atoms with van der Waals surface area (Å²) in [6.45, 7) is 0. The molecule has 1 amide bonds. The van der Waals surface area contributed by atoms with Gasteiger partial charge in [-0.3, -0.25) is 4.79 Å². The summed E-state index contributed by atoms with van der Waals surface area (Å²) in [6, 6.07) is 13.7. The number of benzene rings is 2. The largest absolute Gasteiger partial charge is 0.326 e. The molecule has 128 valence electrons. The normalized spacial score (nSPS) is 13.1. The highest BCUT2D eigenvalue weighted by Gasteiger charge is 2.19. The molecule has 25 heavy (non-hydrogen) atoms. The van der Waals surface area contributed by atoms with Crippen molar-refractivity contribution in [2.75, 3.05) is 11.1 Å². The maximum Gasteiger partial charge on any atom is 0.225 e. The Balaban J connectivity index is 1.63. The van der Waals surface area contributed by atoms with E-state index in [1.54, 1.807) is 36.4 Å². The number of fused-ring (bicyclic) bond motifs is 1. The average Bonchev–Trinajstić information content (AvgIpc) is 3.08. The molecule has 2 aromatic rings. The number of amides is 1. The Morgan fingerprint density at radius 1 is 1.12 bits per heavy atom. The first-order valence-corrected chi connectivity index (χ1v) is 9.78. The van der Waals surface area contributed by atoms with Crippen LogP contribution in [0.15, 0.2) is 47.4 Å². The van der Waals surface area contributed by atoms with Gasteiger partial charge in [0, 0.05) is 12.1 Å². The summed E-state index contributed by atoms with van der Waals surface area (Å²) < 4.78 is 24.9. The van der Waals surface area contributed by atoms with E-state index in [0.717, 1.165) is 24.8 Å². The SMILES string of the molecule is N#Cc1cccc(NC(=O)CCS(=O)(=O)c2ccc3c(c2)CCC3)c1. The fraction of sp³-hybridized carbons (Fsp3) is 0.263. The van der Waals surface area contributed by atoms with E-state index in [2.05, 4.69) is 5.32 Å². The Bertz CT molecular complexity index is 959. The maximum atomic E-state index is 12.5. The number of nitrogens with zero attached hydrogens (tertiary/aromatic N) is 1. The first-order valence-electron chi connectivity index (χ1n) is 8.12. The predicted molar refractivity (Wildman–Crippen MR) is 94.9 cm³/mol. The summed E-state index contributed by atoms with van der Waals surface area (Å²) in [7, 11) is -3.50. The molecule has 0 unspecified atom stereocenters. The lowest BCUT2D eigenvalue weighted by Gasteiger charge is -2.08. The molecule has 0 fully saturated rings. The van der Waals surface area contributed by atoms with E-state index in [1.807, 2.05) is 12.1 Å². The van der Waals surface area contributed by atoms with Gasteiger partial charge in [0.15, 0.2) is 9.84 Å². The van der Waals surface area contributed by atoms with E-state index >= 15 is 0 Å². The summed E-state index contributed by atoms with van der Waals surface area (Å²) >= 11 is 0. The predicted octanol–water partition coefficient (Wildman–Crippen LogP) is 2.85. The van der Waals surface area contributed by atoms with Gasteiger partial charge in [0.05, 0.1) is 22.3 Å². The second kappa shape index (κ2) is 7.08. The molecule has 0 saturated carbocycles. The molecule has 0 bridgehead atoms. The van der Waals surface area contributed by atoms with Crippen LogP contribution in [-0.4, -0.2) is 20.1 Å². The van der Waals surface area contributed by atoms with Crippen molar-refractivity contribution in [2.45, 2.75) is 30.6 Å². The number of sulfone groups is 1. The number of aryl methyl sites for hydroxylation is 2. The van der Waals surface area contributed by atoms with Crippen LogP contribution in [0.4, 0.5) is 5.69 Å². The van der Waals surface area contributed by atoms with Gasteiger partial charge in [-0.25, -0.2) is 8.42 Å². The number of hydrogen-bond acceptors (Lipinski definition) is 4. The van der Waals surface area contributed by atoms with Crippen LogP contribution in [0.1, 0.15) is 29.5 Å². The third kappa shape index (κ3) is 4.06. The fourth-order valence-electron chi connectivity index (χ4n) is 2.98. The Kier molecular flexibility index (Phi) is 4.86. The van der Waals surface area contributed by atoms with Crippen LogP contribution in [0, 0.1) is 11.3 Å². The molecule has 5 nitrogen and oxygen atoms in total. The third-order valence-corrected chi connectivity index (χ3v) is 6.02. The summed E-state index contributed by atoms with van der Waals surface area (Å²) in [5.74, 6) is -0.630. The van der Waals surface area contributed by atoms with Crippen molar-refractivity contribution in [3.8, 4) is 6.07 Å². The fourth-order valence-corrected chi connectivity index (χ4v) is 4.26. The molecule has 0 aliphatic heterocycles. The van der Waals surface area contributed by atoms with Gasteiger partial charge in [0.2, 0.25) is 5.91 Å². The number of hydrogen-bond donors (Lipinski definition) is 1. The van der Waals surface area contributed by atoms with E-state index < -0.39 is 9.84 Å². The van der Waals surface area contributed by atoms with Crippen molar-refractivity contribution < 1.29 is 13.2 Å². The zero-order valence-corrected chi connectivity index (χ0v) is 14.5. The van der Waals surface area contributed by atoms with Crippen LogP contribution in [0.5, 0.6) is 0 Å². The molecule has 0 saturated heterocycles. The highest BCUT2D eigenvalue weighted by Crippen LogP contribution is 2.25. The van der Waals surface area contributed by atoms with Crippen molar-refractivity contribution in [3.63, 3.8) is 0 Å². The van der Waals surface area contributed by atoms with Crippen LogP contribution >= 0.6 is 0 Å². The molecule has 0 atom stereocenters. The third-order valence-electron chi connectivity index (χ3n) is 4.30. The molecule has 0 radical (unpaired) electrons. The van der Waals surface area contributed by atoms with Gasteiger partial charge in [-0.05, 0) is 60.7 Å². The molecule has 1 aliphatic rings. The van der Waals surface area contributed by atoms with Gasteiger partial charge in [-0.1, -0.05) is 12.1 Å². The first-order chi connectivity index (χ1) is 12.0. The molecule has 0 heterocycles. The highest BCUT2D eigenvalue weighted by molar-refractivity contribution is 7.91. The number of nitrogens with one attached hydrogen (secondary N) is 1. The van der Waals surface area contributed by atoms with Gasteiger partial charge in [0.25, 0.3) is 0 Å². The van der Waals surface area contributed by atoms with Crippen LogP contribution in [0.25, 0.3) is 0 Å². The smallest absolute Gasteiger partial charge is 0.225 e. The molecule has 1 aliphatic carbocycles. The zero-order chi connectivity index (χ0) is 17.9. The summed E-state index contributed by atoms with van der Waals surface area (Å²) in [6.07, 6.45) is 2.84. The summed E-state index contributed by atoms with van der Waals surface area (Å²) in [5.41, 5.74) is 3.23. The van der Waals surface area contributed by atoms with Crippen molar-refractivity contribution in [1.29, 1.82) is 5.26 Å². The molecule has 6 heteroatoms. The van der Waals surface area contributed by atoms with Gasteiger partial charge in [0.1, 0.15) is 0 Å². The summed E-state index contributed by atoms with van der Waals surface area (Å²) in [4.78, 5) is 12.3. The van der Waals surface area contributed by atoms with Crippen molar-refractivity contribution in [2.24, 2.45) is 0 Å². The molecular formula is C19H18N2O3S. The van der Waals surface area contributed by atoms with Gasteiger partial charge in [-0.15, -0.1) is 0 Å². The van der Waals surface area contributed by atoms with E-state index in [4.69, 9.17) is 5.26 Å². The van der Waals surface area contributed by atoms with E-state index in [1.165, 1.54) is 5.56 Å². The molecular weight excluding hydrogens is 336 g/mol. The number of rotatable bonds is 5. The van der Waals surface area contributed by atoms with Crippen molar-refractivity contribution in [3.05, 3.63) is 59.2 Å². The minimum absolute atomic E-state index is 0.129. The Labute approximate surface area is 147 Å². The first kappa shape index (κ1) is 17.2. The molecule has 0 aromatic heterocycles. The number of carbonyl (C=O) groups excluding carboxylic acids is 1. The second-order valence-corrected chi connectivity index (χ2v) is 8.20. The zero-order valence-electron chi connectivity index (χ0n) is 13.7. The van der Waals surface area contributed by atoms with E-state index in [0.29, 0.717) is 11.3 Å². The minimum Gasteiger partial charge on any atom is -0.326 e. The Morgan fingerprint density at radius 2 is 1.92 bits per heavy atom. The number of carbonyl (C=O) groups is 1. The van der Waals surface area contributed by atoms with Crippen molar-refractivity contribution in [1.82, 2.24) is 0 Å². The van der Waals surface area contributed by atoms with Crippen molar-refractivity contribution >= 4 is 21.4 Å². The monoisotopic (exact) mass is 354 g/mol. The topological polar surface area (TPSA) is 87.0 Å². The molecule has 2 aromatic carbocycles. The van der Waals surface area contributed by atoms with Crippen LogP contribution in [0.3, 0.4) is 0 Å². The standard InChI is InChI=1S/C19H18N2O3S/c20-13-14-3-1-6-17(11-14)21-19(22)9-10-25(23,24)18-8-7-15-4-2-5-16(15)12-18/h1,3,6-8,11-12H,2,4-5,9-10H2,(H,21,22). The number of nitriles is 1.